The van der Waals surface area contributed by atoms with Crippen molar-refractivity contribution >= 4 is 22.9 Å². The summed E-state index contributed by atoms with van der Waals surface area (Å²) < 4.78 is 19.7. The number of rotatable bonds is 2. The molecular formula is C13H17FN2OS. The van der Waals surface area contributed by atoms with Crippen LogP contribution in [0, 0.1) is 5.82 Å². The van der Waals surface area contributed by atoms with Gasteiger partial charge in [0.2, 0.25) is 0 Å². The maximum absolute atomic E-state index is 14.1. The van der Waals surface area contributed by atoms with Crippen LogP contribution in [-0.4, -0.2) is 30.3 Å². The summed E-state index contributed by atoms with van der Waals surface area (Å²) in [5, 5.41) is 0. The number of benzene rings is 1. The lowest BCUT2D eigenvalue weighted by Gasteiger charge is -2.37. The van der Waals surface area contributed by atoms with Crippen LogP contribution in [0.1, 0.15) is 19.4 Å². The number of hydrogen-bond acceptors (Lipinski definition) is 3. The Labute approximate surface area is 112 Å². The number of thiocarbonyl (C=S) groups is 1. The molecule has 0 aliphatic carbocycles. The molecule has 1 aliphatic heterocycles. The molecular weight excluding hydrogens is 251 g/mol. The highest BCUT2D eigenvalue weighted by Gasteiger charge is 2.24. The van der Waals surface area contributed by atoms with E-state index in [2.05, 4.69) is 0 Å². The number of ether oxygens (including phenoxy) is 1. The zero-order valence-electron chi connectivity index (χ0n) is 10.5. The summed E-state index contributed by atoms with van der Waals surface area (Å²) in [6.07, 6.45) is 0.201. The first-order chi connectivity index (χ1) is 8.47. The van der Waals surface area contributed by atoms with Crippen molar-refractivity contribution in [2.24, 2.45) is 5.73 Å². The Hall–Kier alpha value is -1.20. The zero-order chi connectivity index (χ0) is 13.3. The van der Waals surface area contributed by atoms with E-state index >= 15 is 0 Å². The second-order valence-electron chi connectivity index (χ2n) is 4.69. The lowest BCUT2D eigenvalue weighted by molar-refractivity contribution is -0.00539. The molecule has 5 heteroatoms. The van der Waals surface area contributed by atoms with Crippen LogP contribution in [0.4, 0.5) is 10.1 Å². The van der Waals surface area contributed by atoms with Gasteiger partial charge in [0.15, 0.2) is 0 Å². The average molecular weight is 268 g/mol. The van der Waals surface area contributed by atoms with Gasteiger partial charge in [-0.05, 0) is 32.0 Å². The van der Waals surface area contributed by atoms with Crippen LogP contribution >= 0.6 is 12.2 Å². The van der Waals surface area contributed by atoms with Crippen LogP contribution in [0.25, 0.3) is 0 Å². The first-order valence-electron chi connectivity index (χ1n) is 5.97. The smallest absolute Gasteiger partial charge is 0.147 e. The molecule has 1 fully saturated rings. The fourth-order valence-corrected chi connectivity index (χ4v) is 2.42. The molecule has 1 heterocycles. The molecule has 0 spiro atoms. The van der Waals surface area contributed by atoms with Gasteiger partial charge in [0.05, 0.1) is 17.9 Å². The standard InChI is InChI=1S/C13H17FN2OS/c1-8-6-16(7-9(2)17-8)12-4-3-10(13(15)18)5-11(12)14/h3-5,8-9H,6-7H2,1-2H3,(H2,15,18)/t8-,9+. The number of anilines is 1. The van der Waals surface area contributed by atoms with Gasteiger partial charge in [0, 0.05) is 18.7 Å². The molecule has 2 atom stereocenters. The van der Waals surface area contributed by atoms with Crippen LogP contribution in [0.15, 0.2) is 18.2 Å². The molecule has 0 unspecified atom stereocenters. The number of hydrogen-bond donors (Lipinski definition) is 1. The van der Waals surface area contributed by atoms with Crippen molar-refractivity contribution in [2.75, 3.05) is 18.0 Å². The Kier molecular flexibility index (Phi) is 3.82. The third-order valence-corrected chi connectivity index (χ3v) is 3.23. The second-order valence-corrected chi connectivity index (χ2v) is 5.13. The molecule has 0 amide bonds. The number of morpholine rings is 1. The Bertz CT molecular complexity index is 456. The fraction of sp³-hybridized carbons (Fsp3) is 0.462. The summed E-state index contributed by atoms with van der Waals surface area (Å²) >= 11 is 4.84. The molecule has 2 N–H and O–H groups in total. The predicted molar refractivity (Wildman–Crippen MR) is 74.5 cm³/mol. The van der Waals surface area contributed by atoms with Crippen LogP contribution in [0.2, 0.25) is 0 Å². The second kappa shape index (κ2) is 5.20. The van der Waals surface area contributed by atoms with Gasteiger partial charge in [-0.3, -0.25) is 0 Å². The maximum Gasteiger partial charge on any atom is 0.147 e. The summed E-state index contributed by atoms with van der Waals surface area (Å²) in [5.74, 6) is -0.290. The van der Waals surface area contributed by atoms with E-state index in [0.717, 1.165) is 0 Å². The predicted octanol–water partition coefficient (Wildman–Crippen LogP) is 2.07. The van der Waals surface area contributed by atoms with Crippen LogP contribution in [-0.2, 0) is 4.74 Å². The highest BCUT2D eigenvalue weighted by atomic mass is 32.1. The molecule has 0 radical (unpaired) electrons. The first kappa shape index (κ1) is 13.2. The van der Waals surface area contributed by atoms with Gasteiger partial charge in [0.25, 0.3) is 0 Å². The van der Waals surface area contributed by atoms with Crippen molar-refractivity contribution in [3.8, 4) is 0 Å². The lowest BCUT2D eigenvalue weighted by atomic mass is 10.1. The highest BCUT2D eigenvalue weighted by Crippen LogP contribution is 2.24. The largest absolute Gasteiger partial charge is 0.389 e. The third kappa shape index (κ3) is 2.79. The van der Waals surface area contributed by atoms with E-state index in [1.165, 1.54) is 6.07 Å². The van der Waals surface area contributed by atoms with Crippen molar-refractivity contribution in [1.29, 1.82) is 0 Å². The molecule has 0 aromatic heterocycles. The minimum absolute atomic E-state index is 0.100. The van der Waals surface area contributed by atoms with Crippen molar-refractivity contribution in [3.63, 3.8) is 0 Å². The van der Waals surface area contributed by atoms with Gasteiger partial charge < -0.3 is 15.4 Å². The average Bonchev–Trinajstić information content (AvgIpc) is 2.27. The SMILES string of the molecule is C[C@@H]1CN(c2ccc(C(N)=S)cc2F)C[C@H](C)O1. The quantitative estimate of drug-likeness (QED) is 0.833. The maximum atomic E-state index is 14.1. The molecule has 0 bridgehead atoms. The van der Waals surface area contributed by atoms with E-state index in [4.69, 9.17) is 22.7 Å². The molecule has 1 saturated heterocycles. The van der Waals surface area contributed by atoms with E-state index in [1.54, 1.807) is 12.1 Å². The van der Waals surface area contributed by atoms with E-state index in [9.17, 15) is 4.39 Å². The summed E-state index contributed by atoms with van der Waals surface area (Å²) in [5.41, 5.74) is 6.62. The normalized spacial score (nSPS) is 24.1. The van der Waals surface area contributed by atoms with Gasteiger partial charge >= 0.3 is 0 Å². The number of nitrogens with zero attached hydrogens (tertiary/aromatic N) is 1. The molecule has 1 aromatic rings. The minimum atomic E-state index is -0.290. The Morgan fingerprint density at radius 1 is 1.39 bits per heavy atom. The van der Waals surface area contributed by atoms with Crippen molar-refractivity contribution in [3.05, 3.63) is 29.6 Å². The third-order valence-electron chi connectivity index (χ3n) is 2.99. The molecule has 2 rings (SSSR count). The van der Waals surface area contributed by atoms with E-state index < -0.39 is 0 Å². The van der Waals surface area contributed by atoms with E-state index in [-0.39, 0.29) is 23.0 Å². The summed E-state index contributed by atoms with van der Waals surface area (Å²) in [6.45, 7) is 5.36. The van der Waals surface area contributed by atoms with Crippen molar-refractivity contribution in [1.82, 2.24) is 0 Å². The minimum Gasteiger partial charge on any atom is -0.389 e. The van der Waals surface area contributed by atoms with E-state index in [1.807, 2.05) is 18.7 Å². The fourth-order valence-electron chi connectivity index (χ4n) is 2.29. The Morgan fingerprint density at radius 2 is 2.00 bits per heavy atom. The number of halogens is 1. The van der Waals surface area contributed by atoms with Gasteiger partial charge in [-0.2, -0.15) is 0 Å². The van der Waals surface area contributed by atoms with Crippen LogP contribution < -0.4 is 10.6 Å². The van der Waals surface area contributed by atoms with Crippen molar-refractivity contribution < 1.29 is 9.13 Å². The number of nitrogens with two attached hydrogens (primary N) is 1. The van der Waals surface area contributed by atoms with Gasteiger partial charge in [-0.15, -0.1) is 0 Å². The lowest BCUT2D eigenvalue weighted by Crippen LogP contribution is -2.45. The van der Waals surface area contributed by atoms with Gasteiger partial charge in [-0.1, -0.05) is 12.2 Å². The molecule has 18 heavy (non-hydrogen) atoms. The Balaban J connectivity index is 2.25. The van der Waals surface area contributed by atoms with E-state index in [0.29, 0.717) is 24.3 Å². The zero-order valence-corrected chi connectivity index (χ0v) is 11.3. The summed E-state index contributed by atoms with van der Waals surface area (Å²) in [6, 6.07) is 4.88. The van der Waals surface area contributed by atoms with Gasteiger partial charge in [0.1, 0.15) is 10.8 Å². The first-order valence-corrected chi connectivity index (χ1v) is 6.38. The summed E-state index contributed by atoms with van der Waals surface area (Å²) in [7, 11) is 0. The van der Waals surface area contributed by atoms with Crippen LogP contribution in [0.5, 0.6) is 0 Å². The van der Waals surface area contributed by atoms with Gasteiger partial charge in [-0.25, -0.2) is 4.39 Å². The molecule has 1 aliphatic rings. The summed E-state index contributed by atoms with van der Waals surface area (Å²) in [4.78, 5) is 2.21. The van der Waals surface area contributed by atoms with Crippen LogP contribution in [0.3, 0.4) is 0 Å². The topological polar surface area (TPSA) is 38.5 Å². The highest BCUT2D eigenvalue weighted by molar-refractivity contribution is 7.80. The monoisotopic (exact) mass is 268 g/mol. The molecule has 3 nitrogen and oxygen atoms in total. The molecule has 98 valence electrons. The molecule has 1 aromatic carbocycles. The Morgan fingerprint density at radius 3 is 2.50 bits per heavy atom. The van der Waals surface area contributed by atoms with Crippen molar-refractivity contribution in [2.45, 2.75) is 26.1 Å². The molecule has 0 saturated carbocycles.